The van der Waals surface area contributed by atoms with Crippen LogP contribution >= 0.6 is 0 Å². The Morgan fingerprint density at radius 2 is 1.00 bits per heavy atom. The summed E-state index contributed by atoms with van der Waals surface area (Å²) in [4.78, 5) is 0. The van der Waals surface area contributed by atoms with E-state index in [9.17, 15) is 0 Å². The Bertz CT molecular complexity index is 253. The quantitative estimate of drug-likeness (QED) is 0.382. The van der Waals surface area contributed by atoms with Gasteiger partial charge in [-0.3, -0.25) is 0 Å². The zero-order valence-electron chi connectivity index (χ0n) is 15.6. The summed E-state index contributed by atoms with van der Waals surface area (Å²) in [5.74, 6) is 4.40. The predicted molar refractivity (Wildman–Crippen MR) is 99.2 cm³/mol. The SMILES string of the molecule is CCCCCCCC1CCC(C2CCC(CCC)CC2)CC1. The first-order valence-corrected chi connectivity index (χ1v) is 10.8. The second kappa shape index (κ2) is 10.7. The van der Waals surface area contributed by atoms with E-state index >= 15 is 0 Å². The number of hydrogen-bond donors (Lipinski definition) is 0. The smallest absolute Gasteiger partial charge is 0.0386 e. The van der Waals surface area contributed by atoms with Crippen molar-refractivity contribution in [1.29, 1.82) is 0 Å². The third-order valence-corrected chi connectivity index (χ3v) is 6.86. The Morgan fingerprint density at radius 3 is 1.50 bits per heavy atom. The Hall–Kier alpha value is 0. The Labute approximate surface area is 140 Å². The van der Waals surface area contributed by atoms with Crippen molar-refractivity contribution in [3.05, 3.63) is 0 Å². The van der Waals surface area contributed by atoms with Gasteiger partial charge in [0.15, 0.2) is 0 Å². The fraction of sp³-hybridized carbons (Fsp3) is 1.00. The molecule has 2 aliphatic rings. The van der Waals surface area contributed by atoms with Gasteiger partial charge in [0.2, 0.25) is 0 Å². The average Bonchev–Trinajstić information content (AvgIpc) is 2.56. The molecule has 0 aromatic heterocycles. The van der Waals surface area contributed by atoms with Crippen LogP contribution in [0.25, 0.3) is 0 Å². The molecule has 0 unspecified atom stereocenters. The van der Waals surface area contributed by atoms with Gasteiger partial charge in [0.25, 0.3) is 0 Å². The molecule has 2 saturated carbocycles. The summed E-state index contributed by atoms with van der Waals surface area (Å²) in [5, 5.41) is 0. The predicted octanol–water partition coefficient (Wildman–Crippen LogP) is 7.76. The second-order valence-corrected chi connectivity index (χ2v) is 8.55. The van der Waals surface area contributed by atoms with Gasteiger partial charge in [0.1, 0.15) is 0 Å². The van der Waals surface area contributed by atoms with Crippen LogP contribution in [0.1, 0.15) is 117 Å². The molecular formula is C22H42. The van der Waals surface area contributed by atoms with Crippen LogP contribution in [-0.2, 0) is 0 Å². The minimum Gasteiger partial charge on any atom is -0.0654 e. The van der Waals surface area contributed by atoms with Gasteiger partial charge < -0.3 is 0 Å². The van der Waals surface area contributed by atoms with E-state index < -0.39 is 0 Å². The molecular weight excluding hydrogens is 264 g/mol. The van der Waals surface area contributed by atoms with E-state index in [-0.39, 0.29) is 0 Å². The molecule has 0 N–H and O–H groups in total. The lowest BCUT2D eigenvalue weighted by Gasteiger charge is -2.38. The van der Waals surface area contributed by atoms with Crippen molar-refractivity contribution in [1.82, 2.24) is 0 Å². The maximum atomic E-state index is 2.36. The zero-order valence-corrected chi connectivity index (χ0v) is 15.6. The first-order valence-electron chi connectivity index (χ1n) is 10.8. The summed E-state index contributed by atoms with van der Waals surface area (Å²) >= 11 is 0. The van der Waals surface area contributed by atoms with Crippen LogP contribution in [0.4, 0.5) is 0 Å². The minimum atomic E-state index is 1.08. The van der Waals surface area contributed by atoms with Crippen LogP contribution in [-0.4, -0.2) is 0 Å². The highest BCUT2D eigenvalue weighted by atomic mass is 14.4. The van der Waals surface area contributed by atoms with Gasteiger partial charge in [0.05, 0.1) is 0 Å². The fourth-order valence-corrected chi connectivity index (χ4v) is 5.34. The molecule has 130 valence electrons. The molecule has 0 saturated heterocycles. The van der Waals surface area contributed by atoms with Crippen LogP contribution in [0.15, 0.2) is 0 Å². The first kappa shape index (κ1) is 18.3. The van der Waals surface area contributed by atoms with Crippen LogP contribution in [0, 0.1) is 23.7 Å². The maximum absolute atomic E-state index is 2.36. The molecule has 2 fully saturated rings. The van der Waals surface area contributed by atoms with E-state index in [4.69, 9.17) is 0 Å². The maximum Gasteiger partial charge on any atom is -0.0386 e. The molecule has 0 spiro atoms. The number of hydrogen-bond acceptors (Lipinski definition) is 0. The summed E-state index contributed by atoms with van der Waals surface area (Å²) in [7, 11) is 0. The van der Waals surface area contributed by atoms with E-state index in [1.807, 2.05) is 0 Å². The monoisotopic (exact) mass is 306 g/mol. The molecule has 0 radical (unpaired) electrons. The van der Waals surface area contributed by atoms with Crippen molar-refractivity contribution in [2.45, 2.75) is 117 Å². The van der Waals surface area contributed by atoms with Gasteiger partial charge in [-0.25, -0.2) is 0 Å². The Kier molecular flexibility index (Phi) is 8.93. The van der Waals surface area contributed by atoms with Crippen molar-refractivity contribution < 1.29 is 0 Å². The van der Waals surface area contributed by atoms with Gasteiger partial charge in [0, 0.05) is 0 Å². The van der Waals surface area contributed by atoms with Crippen molar-refractivity contribution in [3.63, 3.8) is 0 Å². The molecule has 0 heterocycles. The molecule has 0 bridgehead atoms. The van der Waals surface area contributed by atoms with Gasteiger partial charge in [-0.05, 0) is 49.4 Å². The third kappa shape index (κ3) is 6.25. The lowest BCUT2D eigenvalue weighted by atomic mass is 9.68. The highest BCUT2D eigenvalue weighted by Gasteiger charge is 2.30. The molecule has 0 aliphatic heterocycles. The molecule has 0 atom stereocenters. The summed E-state index contributed by atoms with van der Waals surface area (Å²) in [5.41, 5.74) is 0. The lowest BCUT2D eigenvalue weighted by molar-refractivity contribution is 0.140. The number of rotatable bonds is 9. The van der Waals surface area contributed by atoms with E-state index in [1.54, 1.807) is 57.8 Å². The fourth-order valence-electron chi connectivity index (χ4n) is 5.34. The van der Waals surface area contributed by atoms with Crippen LogP contribution in [0.5, 0.6) is 0 Å². The molecule has 0 aromatic rings. The van der Waals surface area contributed by atoms with Crippen molar-refractivity contribution >= 4 is 0 Å². The molecule has 0 aromatic carbocycles. The van der Waals surface area contributed by atoms with E-state index in [0.29, 0.717) is 0 Å². The van der Waals surface area contributed by atoms with Crippen molar-refractivity contribution in [3.8, 4) is 0 Å². The lowest BCUT2D eigenvalue weighted by Crippen LogP contribution is -2.25. The van der Waals surface area contributed by atoms with Crippen molar-refractivity contribution in [2.24, 2.45) is 23.7 Å². The second-order valence-electron chi connectivity index (χ2n) is 8.55. The Balaban J connectivity index is 1.55. The standard InChI is InChI=1S/C22H42/c1-3-5-6-7-8-10-20-13-17-22(18-14-20)21-15-11-19(9-4-2)12-16-21/h19-22H,3-18H2,1-2H3. The molecule has 0 amide bonds. The summed E-state index contributed by atoms with van der Waals surface area (Å²) in [6.07, 6.45) is 24.3. The van der Waals surface area contributed by atoms with Crippen LogP contribution in [0.2, 0.25) is 0 Å². The highest BCUT2D eigenvalue weighted by Crippen LogP contribution is 2.43. The van der Waals surface area contributed by atoms with Crippen molar-refractivity contribution in [2.75, 3.05) is 0 Å². The normalized spacial score (nSPS) is 33.0. The summed E-state index contributed by atoms with van der Waals surface area (Å²) in [6, 6.07) is 0. The van der Waals surface area contributed by atoms with Gasteiger partial charge in [-0.15, -0.1) is 0 Å². The highest BCUT2D eigenvalue weighted by molar-refractivity contribution is 4.82. The molecule has 0 heteroatoms. The topological polar surface area (TPSA) is 0 Å². The third-order valence-electron chi connectivity index (χ3n) is 6.86. The average molecular weight is 307 g/mol. The van der Waals surface area contributed by atoms with E-state index in [1.165, 1.54) is 44.9 Å². The molecule has 22 heavy (non-hydrogen) atoms. The van der Waals surface area contributed by atoms with E-state index in [0.717, 1.165) is 23.7 Å². The largest absolute Gasteiger partial charge is 0.0654 e. The summed E-state index contributed by atoms with van der Waals surface area (Å²) in [6.45, 7) is 4.67. The van der Waals surface area contributed by atoms with Gasteiger partial charge in [-0.2, -0.15) is 0 Å². The Morgan fingerprint density at radius 1 is 0.500 bits per heavy atom. The van der Waals surface area contributed by atoms with Crippen LogP contribution in [0.3, 0.4) is 0 Å². The van der Waals surface area contributed by atoms with Crippen LogP contribution < -0.4 is 0 Å². The molecule has 2 aliphatic carbocycles. The number of unbranched alkanes of at least 4 members (excludes halogenated alkanes) is 4. The molecule has 2 rings (SSSR count). The van der Waals surface area contributed by atoms with E-state index in [2.05, 4.69) is 13.8 Å². The summed E-state index contributed by atoms with van der Waals surface area (Å²) < 4.78 is 0. The van der Waals surface area contributed by atoms with Gasteiger partial charge >= 0.3 is 0 Å². The van der Waals surface area contributed by atoms with Gasteiger partial charge in [-0.1, -0.05) is 90.9 Å². The first-order chi connectivity index (χ1) is 10.8. The molecule has 0 nitrogen and oxygen atoms in total. The minimum absolute atomic E-state index is 1.08. The zero-order chi connectivity index (χ0) is 15.6.